The topological polar surface area (TPSA) is 97.6 Å². The lowest BCUT2D eigenvalue weighted by Gasteiger charge is -2.48. The molecule has 7 heteroatoms. The number of rotatable bonds is 2. The molecule has 10 atom stereocenters. The van der Waals surface area contributed by atoms with Gasteiger partial charge in [0.25, 0.3) is 0 Å². The molecule has 0 radical (unpaired) electrons. The van der Waals surface area contributed by atoms with Crippen LogP contribution in [-0.2, 0) is 18.9 Å². The van der Waals surface area contributed by atoms with Crippen molar-refractivity contribution in [1.82, 2.24) is 0 Å². The minimum atomic E-state index is -0.852. The fraction of sp³-hybridized carbons (Fsp3) is 0.895. The summed E-state index contributed by atoms with van der Waals surface area (Å²) in [6, 6.07) is 0. The molecule has 4 saturated heterocycles. The summed E-state index contributed by atoms with van der Waals surface area (Å²) in [6.45, 7) is 8.83. The molecule has 4 aliphatic heterocycles. The fourth-order valence-electron chi connectivity index (χ4n) is 7.21. The highest BCUT2D eigenvalue weighted by Gasteiger charge is 2.90. The first kappa shape index (κ1) is 17.6. The third-order valence-corrected chi connectivity index (χ3v) is 7.98. The number of hydrogen-bond donors (Lipinski definition) is 3. The van der Waals surface area contributed by atoms with E-state index >= 15 is 0 Å². The lowest BCUT2D eigenvalue weighted by Crippen LogP contribution is -2.60. The van der Waals surface area contributed by atoms with Crippen LogP contribution in [0, 0.1) is 22.7 Å². The molecular formula is C19H28O7. The monoisotopic (exact) mass is 368 g/mol. The van der Waals surface area contributed by atoms with E-state index in [1.807, 2.05) is 6.92 Å². The van der Waals surface area contributed by atoms with Crippen molar-refractivity contribution in [3.8, 4) is 0 Å². The highest BCUT2D eigenvalue weighted by Crippen LogP contribution is 2.79. The van der Waals surface area contributed by atoms with Crippen LogP contribution in [0.2, 0.25) is 0 Å². The van der Waals surface area contributed by atoms with Gasteiger partial charge in [0.15, 0.2) is 6.29 Å². The Balaban J connectivity index is 1.80. The van der Waals surface area contributed by atoms with E-state index in [2.05, 4.69) is 13.5 Å². The SMILES string of the molecule is C=C(C)[C@@H]1[C@@H](O)C2OCC34OC5OC[C@H](O)C51C23CC(CO)OC[C@H]4C. The van der Waals surface area contributed by atoms with Crippen LogP contribution in [0.25, 0.3) is 0 Å². The molecule has 5 aliphatic rings. The average Bonchev–Trinajstić information content (AvgIpc) is 3.20. The Hall–Kier alpha value is -0.540. The zero-order chi connectivity index (χ0) is 18.5. The summed E-state index contributed by atoms with van der Waals surface area (Å²) in [5.74, 6) is -0.430. The molecule has 7 nitrogen and oxygen atoms in total. The van der Waals surface area contributed by atoms with Crippen molar-refractivity contribution >= 4 is 0 Å². The molecule has 146 valence electrons. The second-order valence-electron chi connectivity index (χ2n) is 8.88. The van der Waals surface area contributed by atoms with E-state index in [0.29, 0.717) is 19.6 Å². The number of aliphatic hydroxyl groups is 3. The first-order valence-corrected chi connectivity index (χ1v) is 9.52. The first-order valence-electron chi connectivity index (χ1n) is 9.52. The molecule has 5 rings (SSSR count). The Morgan fingerprint density at radius 1 is 1.19 bits per heavy atom. The smallest absolute Gasteiger partial charge is 0.168 e. The Morgan fingerprint density at radius 3 is 2.65 bits per heavy atom. The molecule has 0 aromatic heterocycles. The molecule has 4 heterocycles. The van der Waals surface area contributed by atoms with Gasteiger partial charge in [-0.15, -0.1) is 0 Å². The van der Waals surface area contributed by atoms with Crippen LogP contribution >= 0.6 is 0 Å². The molecule has 0 aromatic rings. The highest BCUT2D eigenvalue weighted by molar-refractivity contribution is 5.37. The van der Waals surface area contributed by atoms with Crippen LogP contribution in [0.1, 0.15) is 20.3 Å². The van der Waals surface area contributed by atoms with E-state index in [4.69, 9.17) is 18.9 Å². The van der Waals surface area contributed by atoms with Gasteiger partial charge in [-0.2, -0.15) is 0 Å². The fourth-order valence-corrected chi connectivity index (χ4v) is 7.21. The van der Waals surface area contributed by atoms with E-state index in [1.54, 1.807) is 0 Å². The van der Waals surface area contributed by atoms with Crippen LogP contribution in [0.15, 0.2) is 12.2 Å². The van der Waals surface area contributed by atoms with E-state index < -0.39 is 53.1 Å². The Labute approximate surface area is 152 Å². The van der Waals surface area contributed by atoms with Gasteiger partial charge in [0.05, 0.1) is 56.3 Å². The van der Waals surface area contributed by atoms with Crippen LogP contribution in [0.4, 0.5) is 0 Å². The Morgan fingerprint density at radius 2 is 1.96 bits per heavy atom. The molecule has 3 N–H and O–H groups in total. The van der Waals surface area contributed by atoms with Crippen molar-refractivity contribution < 1.29 is 34.3 Å². The standard InChI is InChI=1S/C19H28O7/c1-9(2)13-14(22)15-17-4-11(5-20)23-6-10(3)18(17,8-25-15)26-16-19(13,17)12(21)7-24-16/h10-16,20-22H,1,4-8H2,2-3H3/t10-,11?,12+,13-,14-,15?,16?,17?,18?,19?/m1/s1. The molecule has 0 bridgehead atoms. The van der Waals surface area contributed by atoms with E-state index in [1.165, 1.54) is 0 Å². The van der Waals surface area contributed by atoms with Crippen LogP contribution < -0.4 is 0 Å². The summed E-state index contributed by atoms with van der Waals surface area (Å²) >= 11 is 0. The van der Waals surface area contributed by atoms with Gasteiger partial charge in [0.2, 0.25) is 0 Å². The molecule has 1 saturated carbocycles. The maximum atomic E-state index is 11.3. The van der Waals surface area contributed by atoms with Gasteiger partial charge < -0.3 is 34.3 Å². The van der Waals surface area contributed by atoms with E-state index in [-0.39, 0.29) is 19.1 Å². The lowest BCUT2D eigenvalue weighted by molar-refractivity contribution is -0.194. The molecular weight excluding hydrogens is 340 g/mol. The predicted octanol–water partition coefficient (Wildman–Crippen LogP) is -0.172. The average molecular weight is 368 g/mol. The summed E-state index contributed by atoms with van der Waals surface area (Å²) in [6.07, 6.45) is -2.68. The van der Waals surface area contributed by atoms with Crippen LogP contribution in [0.5, 0.6) is 0 Å². The van der Waals surface area contributed by atoms with E-state index in [0.717, 1.165) is 5.57 Å². The zero-order valence-corrected chi connectivity index (χ0v) is 15.3. The maximum absolute atomic E-state index is 11.3. The van der Waals surface area contributed by atoms with E-state index in [9.17, 15) is 15.3 Å². The third kappa shape index (κ3) is 1.55. The second kappa shape index (κ2) is 5.29. The first-order chi connectivity index (χ1) is 12.4. The van der Waals surface area contributed by atoms with Crippen molar-refractivity contribution in [3.05, 3.63) is 12.2 Å². The highest BCUT2D eigenvalue weighted by atomic mass is 16.7. The summed E-state index contributed by atoms with van der Waals surface area (Å²) < 4.78 is 24.6. The van der Waals surface area contributed by atoms with Gasteiger partial charge in [-0.3, -0.25) is 0 Å². The molecule has 2 spiro atoms. The number of hydrogen-bond acceptors (Lipinski definition) is 7. The Kier molecular flexibility index (Phi) is 3.57. The zero-order valence-electron chi connectivity index (χ0n) is 15.3. The van der Waals surface area contributed by atoms with Gasteiger partial charge in [0.1, 0.15) is 5.60 Å². The van der Waals surface area contributed by atoms with Gasteiger partial charge in [0, 0.05) is 17.3 Å². The molecule has 0 aromatic carbocycles. The maximum Gasteiger partial charge on any atom is 0.168 e. The summed E-state index contributed by atoms with van der Waals surface area (Å²) in [7, 11) is 0. The second-order valence-corrected chi connectivity index (χ2v) is 8.88. The van der Waals surface area contributed by atoms with Gasteiger partial charge in [-0.05, 0) is 13.3 Å². The molecule has 1 aliphatic carbocycles. The molecule has 26 heavy (non-hydrogen) atoms. The van der Waals surface area contributed by atoms with Crippen LogP contribution in [-0.4, -0.2) is 78.1 Å². The molecule has 5 fully saturated rings. The van der Waals surface area contributed by atoms with Gasteiger partial charge in [-0.25, -0.2) is 0 Å². The van der Waals surface area contributed by atoms with Crippen LogP contribution in [0.3, 0.4) is 0 Å². The van der Waals surface area contributed by atoms with Crippen molar-refractivity contribution in [2.75, 3.05) is 26.4 Å². The predicted molar refractivity (Wildman–Crippen MR) is 89.1 cm³/mol. The quantitative estimate of drug-likeness (QED) is 0.582. The minimum Gasteiger partial charge on any atom is -0.394 e. The number of aliphatic hydroxyl groups excluding tert-OH is 3. The summed E-state index contributed by atoms with van der Waals surface area (Å²) in [4.78, 5) is 0. The normalized spacial score (nSPS) is 60.4. The van der Waals surface area contributed by atoms with Crippen molar-refractivity contribution in [2.45, 2.75) is 56.6 Å². The van der Waals surface area contributed by atoms with Crippen molar-refractivity contribution in [1.29, 1.82) is 0 Å². The molecule has 0 amide bonds. The van der Waals surface area contributed by atoms with Crippen molar-refractivity contribution in [2.24, 2.45) is 22.7 Å². The van der Waals surface area contributed by atoms with Gasteiger partial charge in [-0.1, -0.05) is 19.1 Å². The lowest BCUT2D eigenvalue weighted by atomic mass is 9.51. The summed E-state index contributed by atoms with van der Waals surface area (Å²) in [5, 5.41) is 32.4. The minimum absolute atomic E-state index is 0.0293. The third-order valence-electron chi connectivity index (χ3n) is 7.98. The van der Waals surface area contributed by atoms with Gasteiger partial charge >= 0.3 is 0 Å². The summed E-state index contributed by atoms with van der Waals surface area (Å²) in [5.41, 5.74) is -1.49. The largest absolute Gasteiger partial charge is 0.394 e. The number of ether oxygens (including phenoxy) is 4. The Bertz CT molecular complexity index is 639. The molecule has 6 unspecified atom stereocenters. The van der Waals surface area contributed by atoms with Crippen molar-refractivity contribution in [3.63, 3.8) is 0 Å².